The quantitative estimate of drug-likeness (QED) is 0.435. The van der Waals surface area contributed by atoms with Crippen LogP contribution in [0.4, 0.5) is 0 Å². The minimum atomic E-state index is 0.860. The van der Waals surface area contributed by atoms with E-state index in [9.17, 15) is 0 Å². The highest BCUT2D eigenvalue weighted by Crippen LogP contribution is 2.25. The molecular weight excluding hydrogens is 168 g/mol. The van der Waals surface area contributed by atoms with Crippen molar-refractivity contribution < 1.29 is 0 Å². The summed E-state index contributed by atoms with van der Waals surface area (Å²) >= 11 is 0. The third-order valence-electron chi connectivity index (χ3n) is 3.26. The summed E-state index contributed by atoms with van der Waals surface area (Å²) in [5.41, 5.74) is 0. The van der Waals surface area contributed by atoms with E-state index in [4.69, 9.17) is 0 Å². The van der Waals surface area contributed by atoms with E-state index in [2.05, 4.69) is 27.7 Å². The second-order valence-corrected chi connectivity index (χ2v) is 4.70. The van der Waals surface area contributed by atoms with Gasteiger partial charge in [-0.05, 0) is 18.3 Å². The topological polar surface area (TPSA) is 0 Å². The molecule has 0 N–H and O–H groups in total. The van der Waals surface area contributed by atoms with Gasteiger partial charge < -0.3 is 0 Å². The molecule has 0 amide bonds. The number of hydrogen-bond donors (Lipinski definition) is 0. The molecule has 0 saturated heterocycles. The van der Waals surface area contributed by atoms with Crippen LogP contribution in [0.25, 0.3) is 0 Å². The highest BCUT2D eigenvalue weighted by Gasteiger charge is 2.11. The first-order chi connectivity index (χ1) is 6.72. The third-order valence-corrected chi connectivity index (χ3v) is 3.26. The summed E-state index contributed by atoms with van der Waals surface area (Å²) in [4.78, 5) is 0. The summed E-state index contributed by atoms with van der Waals surface area (Å²) in [6.07, 6.45) is 11.1. The molecule has 1 atom stereocenters. The lowest BCUT2D eigenvalue weighted by Gasteiger charge is -2.18. The van der Waals surface area contributed by atoms with Crippen LogP contribution in [0.3, 0.4) is 0 Å². The predicted octanol–water partition coefficient (Wildman–Crippen LogP) is 5.38. The molecule has 1 unspecified atom stereocenters. The summed E-state index contributed by atoms with van der Waals surface area (Å²) in [7, 11) is 0. The highest BCUT2D eigenvalue weighted by atomic mass is 14.2. The van der Waals surface area contributed by atoms with Crippen molar-refractivity contribution in [3.05, 3.63) is 5.92 Å². The van der Waals surface area contributed by atoms with Crippen molar-refractivity contribution >= 4 is 0 Å². The maximum absolute atomic E-state index is 2.40. The molecule has 0 bridgehead atoms. The second-order valence-electron chi connectivity index (χ2n) is 4.70. The average Bonchev–Trinajstić information content (AvgIpc) is 2.18. The second kappa shape index (κ2) is 9.55. The first-order valence-corrected chi connectivity index (χ1v) is 6.54. The van der Waals surface area contributed by atoms with Gasteiger partial charge in [-0.15, -0.1) is 0 Å². The molecule has 0 aromatic carbocycles. The maximum atomic E-state index is 2.40. The lowest BCUT2D eigenvalue weighted by Crippen LogP contribution is -2.05. The van der Waals surface area contributed by atoms with E-state index in [1.54, 1.807) is 5.92 Å². The zero-order valence-corrected chi connectivity index (χ0v) is 10.7. The Morgan fingerprint density at radius 3 is 2.07 bits per heavy atom. The Bertz CT molecular complexity index is 92.6. The van der Waals surface area contributed by atoms with Crippen LogP contribution in [0.5, 0.6) is 0 Å². The van der Waals surface area contributed by atoms with Crippen molar-refractivity contribution in [3.63, 3.8) is 0 Å². The van der Waals surface area contributed by atoms with Gasteiger partial charge in [0, 0.05) is 0 Å². The Labute approximate surface area is 91.5 Å². The molecule has 14 heavy (non-hydrogen) atoms. The van der Waals surface area contributed by atoms with Crippen LogP contribution in [-0.2, 0) is 0 Å². The van der Waals surface area contributed by atoms with Gasteiger partial charge in [0.1, 0.15) is 0 Å². The van der Waals surface area contributed by atoms with Gasteiger partial charge in [0.25, 0.3) is 0 Å². The molecule has 0 aromatic rings. The van der Waals surface area contributed by atoms with Crippen molar-refractivity contribution in [1.29, 1.82) is 0 Å². The van der Waals surface area contributed by atoms with Crippen molar-refractivity contribution in [2.45, 2.75) is 79.1 Å². The summed E-state index contributed by atoms with van der Waals surface area (Å²) < 4.78 is 0. The van der Waals surface area contributed by atoms with Gasteiger partial charge in [-0.3, -0.25) is 0 Å². The zero-order valence-electron chi connectivity index (χ0n) is 10.7. The molecule has 0 spiro atoms. The molecule has 85 valence electrons. The molecular formula is C14H29. The summed E-state index contributed by atoms with van der Waals surface area (Å²) in [6, 6.07) is 0. The van der Waals surface area contributed by atoms with Crippen LogP contribution < -0.4 is 0 Å². The predicted molar refractivity (Wildman–Crippen MR) is 66.4 cm³/mol. The fraction of sp³-hybridized carbons (Fsp3) is 0.929. The van der Waals surface area contributed by atoms with E-state index in [0.717, 1.165) is 5.92 Å². The van der Waals surface area contributed by atoms with E-state index in [1.807, 2.05) is 0 Å². The fourth-order valence-corrected chi connectivity index (χ4v) is 1.85. The van der Waals surface area contributed by atoms with Gasteiger partial charge >= 0.3 is 0 Å². The lowest BCUT2D eigenvalue weighted by molar-refractivity contribution is 0.475. The van der Waals surface area contributed by atoms with Crippen LogP contribution in [0.2, 0.25) is 0 Å². The molecule has 0 aromatic heterocycles. The van der Waals surface area contributed by atoms with E-state index in [0.29, 0.717) is 0 Å². The van der Waals surface area contributed by atoms with Crippen LogP contribution in [0.1, 0.15) is 79.1 Å². The Balaban J connectivity index is 3.39. The van der Waals surface area contributed by atoms with Crippen LogP contribution >= 0.6 is 0 Å². The smallest absolute Gasteiger partial charge is 0.0244 e. The first kappa shape index (κ1) is 14.0. The molecule has 1 radical (unpaired) electrons. The summed E-state index contributed by atoms with van der Waals surface area (Å²) in [5.74, 6) is 2.59. The van der Waals surface area contributed by atoms with Gasteiger partial charge in [-0.25, -0.2) is 0 Å². The zero-order chi connectivity index (χ0) is 10.8. The minimum absolute atomic E-state index is 0.860. The lowest BCUT2D eigenvalue weighted by atomic mass is 9.87. The van der Waals surface area contributed by atoms with Gasteiger partial charge in [-0.1, -0.05) is 72.6 Å². The van der Waals surface area contributed by atoms with E-state index in [-0.39, 0.29) is 0 Å². The molecule has 0 rings (SSSR count). The fourth-order valence-electron chi connectivity index (χ4n) is 1.85. The number of rotatable bonds is 9. The van der Waals surface area contributed by atoms with Crippen LogP contribution in [0, 0.1) is 11.8 Å². The maximum Gasteiger partial charge on any atom is -0.0244 e. The summed E-state index contributed by atoms with van der Waals surface area (Å²) in [5, 5.41) is 0. The van der Waals surface area contributed by atoms with Crippen molar-refractivity contribution in [1.82, 2.24) is 0 Å². The highest BCUT2D eigenvalue weighted by molar-refractivity contribution is 4.89. The van der Waals surface area contributed by atoms with Gasteiger partial charge in [0.2, 0.25) is 0 Å². The largest absolute Gasteiger partial charge is 0.0654 e. The van der Waals surface area contributed by atoms with Gasteiger partial charge in [-0.2, -0.15) is 0 Å². The molecule has 0 fully saturated rings. The SMILES string of the molecule is CCCCC[C](C)C(C)CCCCC. The Hall–Kier alpha value is 0. The van der Waals surface area contributed by atoms with E-state index in [1.165, 1.54) is 51.4 Å². The monoisotopic (exact) mass is 197 g/mol. The Morgan fingerprint density at radius 1 is 0.929 bits per heavy atom. The minimum Gasteiger partial charge on any atom is -0.0654 e. The van der Waals surface area contributed by atoms with E-state index >= 15 is 0 Å². The molecule has 0 heteroatoms. The molecule has 0 nitrogen and oxygen atoms in total. The average molecular weight is 197 g/mol. The molecule has 0 aliphatic carbocycles. The van der Waals surface area contributed by atoms with Gasteiger partial charge in [0.05, 0.1) is 0 Å². The van der Waals surface area contributed by atoms with Gasteiger partial charge in [0.15, 0.2) is 0 Å². The van der Waals surface area contributed by atoms with Crippen molar-refractivity contribution in [2.24, 2.45) is 5.92 Å². The molecule has 0 heterocycles. The third kappa shape index (κ3) is 7.41. The molecule has 0 saturated carbocycles. The Kier molecular flexibility index (Phi) is 9.55. The molecule has 0 aliphatic rings. The molecule has 0 aliphatic heterocycles. The van der Waals surface area contributed by atoms with Crippen molar-refractivity contribution in [2.75, 3.05) is 0 Å². The summed E-state index contributed by atoms with van der Waals surface area (Å²) in [6.45, 7) is 9.31. The first-order valence-electron chi connectivity index (χ1n) is 6.54. The number of unbranched alkanes of at least 4 members (excludes halogenated alkanes) is 4. The van der Waals surface area contributed by atoms with Crippen LogP contribution in [0.15, 0.2) is 0 Å². The Morgan fingerprint density at radius 2 is 1.50 bits per heavy atom. The number of hydrogen-bond acceptors (Lipinski definition) is 0. The van der Waals surface area contributed by atoms with E-state index < -0.39 is 0 Å². The normalized spacial score (nSPS) is 13.5. The van der Waals surface area contributed by atoms with Crippen molar-refractivity contribution in [3.8, 4) is 0 Å². The standard InChI is InChI=1S/C14H29/c1-5-7-9-11-13(3)14(4)12-10-8-6-2/h13H,5-12H2,1-4H3. The van der Waals surface area contributed by atoms with Crippen LogP contribution in [-0.4, -0.2) is 0 Å².